The van der Waals surface area contributed by atoms with Gasteiger partial charge in [0.2, 0.25) is 0 Å². The van der Waals surface area contributed by atoms with E-state index in [0.29, 0.717) is 16.9 Å². The van der Waals surface area contributed by atoms with E-state index in [1.54, 1.807) is 6.07 Å². The van der Waals surface area contributed by atoms with Crippen molar-refractivity contribution < 1.29 is 9.90 Å². The third-order valence-electron chi connectivity index (χ3n) is 3.62. The van der Waals surface area contributed by atoms with E-state index in [1.807, 2.05) is 12.1 Å². The molecule has 2 nitrogen and oxygen atoms in total. The van der Waals surface area contributed by atoms with Gasteiger partial charge in [0.1, 0.15) is 0 Å². The van der Waals surface area contributed by atoms with Crippen molar-refractivity contribution in [3.05, 3.63) is 35.4 Å². The van der Waals surface area contributed by atoms with Gasteiger partial charge in [-0.2, -0.15) is 0 Å². The fraction of sp³-hybridized carbons (Fsp3) is 0.417. The van der Waals surface area contributed by atoms with Gasteiger partial charge in [0.15, 0.2) is 0 Å². The molecule has 2 aliphatic rings. The van der Waals surface area contributed by atoms with E-state index in [9.17, 15) is 4.79 Å². The topological polar surface area (TPSA) is 37.3 Å². The van der Waals surface area contributed by atoms with Gasteiger partial charge in [-0.25, -0.2) is 4.79 Å². The molecule has 1 aromatic carbocycles. The van der Waals surface area contributed by atoms with Crippen LogP contribution in [0.5, 0.6) is 0 Å². The Morgan fingerprint density at radius 1 is 1.43 bits per heavy atom. The van der Waals surface area contributed by atoms with E-state index in [1.165, 1.54) is 24.8 Å². The van der Waals surface area contributed by atoms with E-state index in [4.69, 9.17) is 5.11 Å². The highest BCUT2D eigenvalue weighted by Gasteiger charge is 2.62. The average Bonchev–Trinajstić information content (AvgIpc) is 3.08. The quantitative estimate of drug-likeness (QED) is 0.774. The first-order chi connectivity index (χ1) is 6.71. The van der Waals surface area contributed by atoms with E-state index < -0.39 is 5.97 Å². The Morgan fingerprint density at radius 3 is 2.79 bits per heavy atom. The standard InChI is InChI=1S/C12H12O2/c13-11(14)9-3-1-2-8(6-9)10-7-12(10)4-5-12/h1-3,6,10H,4-5,7H2,(H,13,14). The highest BCUT2D eigenvalue weighted by molar-refractivity contribution is 5.87. The lowest BCUT2D eigenvalue weighted by Gasteiger charge is -2.00. The Bertz CT molecular complexity index is 405. The second-order valence-electron chi connectivity index (χ2n) is 4.55. The molecule has 2 aliphatic carbocycles. The zero-order chi connectivity index (χ0) is 9.76. The molecule has 0 saturated heterocycles. The zero-order valence-corrected chi connectivity index (χ0v) is 7.86. The van der Waals surface area contributed by atoms with Crippen LogP contribution in [0.3, 0.4) is 0 Å². The van der Waals surface area contributed by atoms with E-state index in [-0.39, 0.29) is 0 Å². The molecule has 14 heavy (non-hydrogen) atoms. The van der Waals surface area contributed by atoms with Crippen molar-refractivity contribution >= 4 is 5.97 Å². The highest BCUT2D eigenvalue weighted by Crippen LogP contribution is 2.74. The zero-order valence-electron chi connectivity index (χ0n) is 7.86. The lowest BCUT2D eigenvalue weighted by Crippen LogP contribution is -1.96. The lowest BCUT2D eigenvalue weighted by molar-refractivity contribution is 0.0697. The number of carboxylic acids is 1. The van der Waals surface area contributed by atoms with Crippen LogP contribution in [-0.4, -0.2) is 11.1 Å². The van der Waals surface area contributed by atoms with Gasteiger partial charge in [-0.15, -0.1) is 0 Å². The van der Waals surface area contributed by atoms with Crippen LogP contribution in [0.2, 0.25) is 0 Å². The number of hydrogen-bond donors (Lipinski definition) is 1. The summed E-state index contributed by atoms with van der Waals surface area (Å²) in [6.07, 6.45) is 3.96. The fourth-order valence-corrected chi connectivity index (χ4v) is 2.42. The number of aromatic carboxylic acids is 1. The monoisotopic (exact) mass is 188 g/mol. The number of rotatable bonds is 2. The van der Waals surface area contributed by atoms with Crippen LogP contribution in [0.1, 0.15) is 41.1 Å². The van der Waals surface area contributed by atoms with Crippen molar-refractivity contribution in [2.75, 3.05) is 0 Å². The molecule has 0 radical (unpaired) electrons. The summed E-state index contributed by atoms with van der Waals surface area (Å²) < 4.78 is 0. The fourth-order valence-electron chi connectivity index (χ4n) is 2.42. The molecule has 0 aliphatic heterocycles. The summed E-state index contributed by atoms with van der Waals surface area (Å²) in [5, 5.41) is 8.86. The van der Waals surface area contributed by atoms with Crippen LogP contribution in [0.25, 0.3) is 0 Å². The van der Waals surface area contributed by atoms with Gasteiger partial charge in [-0.3, -0.25) is 0 Å². The third kappa shape index (κ3) is 1.07. The maximum absolute atomic E-state index is 10.8. The minimum atomic E-state index is -0.822. The van der Waals surface area contributed by atoms with Crippen molar-refractivity contribution in [3.8, 4) is 0 Å². The molecule has 72 valence electrons. The molecule has 1 atom stereocenters. The maximum Gasteiger partial charge on any atom is 0.335 e. The van der Waals surface area contributed by atoms with Gasteiger partial charge in [0.05, 0.1) is 5.56 Å². The van der Waals surface area contributed by atoms with Crippen LogP contribution >= 0.6 is 0 Å². The number of benzene rings is 1. The highest BCUT2D eigenvalue weighted by atomic mass is 16.4. The molecular formula is C12H12O2. The molecule has 0 heterocycles. The molecule has 3 rings (SSSR count). The number of carboxylic acid groups (broad SMARTS) is 1. The predicted octanol–water partition coefficient (Wildman–Crippen LogP) is 2.65. The lowest BCUT2D eigenvalue weighted by atomic mass is 10.1. The van der Waals surface area contributed by atoms with Gasteiger partial charge in [-0.1, -0.05) is 12.1 Å². The Morgan fingerprint density at radius 2 is 2.21 bits per heavy atom. The first kappa shape index (κ1) is 8.04. The largest absolute Gasteiger partial charge is 0.478 e. The third-order valence-corrected chi connectivity index (χ3v) is 3.62. The molecule has 1 spiro atoms. The smallest absolute Gasteiger partial charge is 0.335 e. The van der Waals surface area contributed by atoms with Crippen LogP contribution in [-0.2, 0) is 0 Å². The normalized spacial score (nSPS) is 26.1. The van der Waals surface area contributed by atoms with E-state index >= 15 is 0 Å². The Labute approximate surface area is 82.6 Å². The summed E-state index contributed by atoms with van der Waals surface area (Å²) in [6.45, 7) is 0. The summed E-state index contributed by atoms with van der Waals surface area (Å²) in [5.74, 6) is -0.167. The number of hydrogen-bond acceptors (Lipinski definition) is 1. The van der Waals surface area contributed by atoms with E-state index in [0.717, 1.165) is 0 Å². The minimum Gasteiger partial charge on any atom is -0.478 e. The van der Waals surface area contributed by atoms with Gasteiger partial charge >= 0.3 is 5.97 Å². The molecule has 2 heteroatoms. The molecule has 2 fully saturated rings. The van der Waals surface area contributed by atoms with Gasteiger partial charge in [0, 0.05) is 0 Å². The Hall–Kier alpha value is -1.31. The first-order valence-electron chi connectivity index (χ1n) is 5.05. The summed E-state index contributed by atoms with van der Waals surface area (Å²) in [5.41, 5.74) is 2.25. The van der Waals surface area contributed by atoms with Crippen LogP contribution < -0.4 is 0 Å². The molecular weight excluding hydrogens is 176 g/mol. The van der Waals surface area contributed by atoms with Gasteiger partial charge in [-0.05, 0) is 48.3 Å². The number of carbonyl (C=O) groups is 1. The predicted molar refractivity (Wildman–Crippen MR) is 52.4 cm³/mol. The Balaban J connectivity index is 1.91. The van der Waals surface area contributed by atoms with Crippen LogP contribution in [0, 0.1) is 5.41 Å². The molecule has 0 bridgehead atoms. The molecule has 1 aromatic rings. The van der Waals surface area contributed by atoms with Crippen LogP contribution in [0.15, 0.2) is 24.3 Å². The van der Waals surface area contributed by atoms with Crippen LogP contribution in [0.4, 0.5) is 0 Å². The van der Waals surface area contributed by atoms with E-state index in [2.05, 4.69) is 6.07 Å². The summed E-state index contributed by atoms with van der Waals surface area (Å²) in [7, 11) is 0. The Kier molecular flexibility index (Phi) is 1.37. The SMILES string of the molecule is O=C(O)c1cccc(C2CC23CC3)c1. The first-order valence-corrected chi connectivity index (χ1v) is 5.05. The maximum atomic E-state index is 10.8. The molecule has 1 N–H and O–H groups in total. The van der Waals surface area contributed by atoms with Crippen molar-refractivity contribution in [1.82, 2.24) is 0 Å². The van der Waals surface area contributed by atoms with Crippen molar-refractivity contribution in [3.63, 3.8) is 0 Å². The van der Waals surface area contributed by atoms with Gasteiger partial charge in [0.25, 0.3) is 0 Å². The molecule has 2 saturated carbocycles. The second-order valence-corrected chi connectivity index (χ2v) is 4.55. The van der Waals surface area contributed by atoms with Gasteiger partial charge < -0.3 is 5.11 Å². The molecule has 1 unspecified atom stereocenters. The molecule has 0 amide bonds. The molecule has 0 aromatic heterocycles. The summed E-state index contributed by atoms with van der Waals surface area (Å²) >= 11 is 0. The van der Waals surface area contributed by atoms with Crippen molar-refractivity contribution in [2.24, 2.45) is 5.41 Å². The summed E-state index contributed by atoms with van der Waals surface area (Å²) in [6, 6.07) is 7.41. The summed E-state index contributed by atoms with van der Waals surface area (Å²) in [4.78, 5) is 10.8. The van der Waals surface area contributed by atoms with Crippen molar-refractivity contribution in [1.29, 1.82) is 0 Å². The average molecular weight is 188 g/mol. The minimum absolute atomic E-state index is 0.421. The van der Waals surface area contributed by atoms with Crippen molar-refractivity contribution in [2.45, 2.75) is 25.2 Å². The second kappa shape index (κ2) is 2.38.